The number of thiophene rings is 1. The topological polar surface area (TPSA) is 50.8 Å². The van der Waals surface area contributed by atoms with Gasteiger partial charge in [-0.05, 0) is 17.5 Å². The van der Waals surface area contributed by atoms with Gasteiger partial charge in [0.2, 0.25) is 0 Å². The molecule has 0 radical (unpaired) electrons. The number of nitrogens with two attached hydrogens (primary N) is 1. The first-order valence-corrected chi connectivity index (χ1v) is 7.24. The second-order valence-corrected chi connectivity index (χ2v) is 5.69. The number of rotatable bonds is 2. The van der Waals surface area contributed by atoms with Crippen LogP contribution in [0.3, 0.4) is 0 Å². The van der Waals surface area contributed by atoms with Gasteiger partial charge in [0, 0.05) is 22.7 Å². The van der Waals surface area contributed by atoms with E-state index in [0.29, 0.717) is 12.5 Å². The van der Waals surface area contributed by atoms with Crippen LogP contribution in [0.25, 0.3) is 10.1 Å². The molecule has 1 aromatic carbocycles. The smallest absolute Gasteiger partial charge is 0.191 e. The summed E-state index contributed by atoms with van der Waals surface area (Å²) in [6.07, 6.45) is 0. The largest absolute Gasteiger partial charge is 0.378 e. The lowest BCUT2D eigenvalue weighted by atomic mass is 10.2. The fraction of sp³-hybridized carbons (Fsp3) is 0.357. The molecule has 0 atom stereocenters. The van der Waals surface area contributed by atoms with Crippen LogP contribution in [0, 0.1) is 0 Å². The summed E-state index contributed by atoms with van der Waals surface area (Å²) in [7, 11) is 0. The minimum absolute atomic E-state index is 0.626. The van der Waals surface area contributed by atoms with E-state index in [4.69, 9.17) is 10.5 Å². The van der Waals surface area contributed by atoms with E-state index in [2.05, 4.69) is 40.2 Å². The summed E-state index contributed by atoms with van der Waals surface area (Å²) in [6, 6.07) is 10.6. The van der Waals surface area contributed by atoms with Gasteiger partial charge < -0.3 is 15.4 Å². The third-order valence-corrected chi connectivity index (χ3v) is 4.31. The van der Waals surface area contributed by atoms with Crippen molar-refractivity contribution in [1.29, 1.82) is 0 Å². The molecule has 2 heterocycles. The minimum atomic E-state index is 0.626. The molecule has 1 aromatic heterocycles. The van der Waals surface area contributed by atoms with Crippen molar-refractivity contribution in [1.82, 2.24) is 4.90 Å². The van der Waals surface area contributed by atoms with Crippen LogP contribution in [0.5, 0.6) is 0 Å². The molecular formula is C14H17N3OS. The van der Waals surface area contributed by atoms with Gasteiger partial charge in [0.25, 0.3) is 0 Å². The summed E-state index contributed by atoms with van der Waals surface area (Å²) in [5, 5.41) is 1.28. The standard InChI is InChI=1S/C14H17N3OS/c15-14(17-5-7-18-8-6-17)16-10-12-9-11-3-1-2-4-13(11)19-12/h1-4,9H,5-8,10H2,(H2,15,16). The zero-order chi connectivity index (χ0) is 13.1. The minimum Gasteiger partial charge on any atom is -0.378 e. The number of hydrogen-bond acceptors (Lipinski definition) is 3. The molecule has 1 saturated heterocycles. The zero-order valence-electron chi connectivity index (χ0n) is 10.7. The molecule has 5 heteroatoms. The highest BCUT2D eigenvalue weighted by Crippen LogP contribution is 2.25. The van der Waals surface area contributed by atoms with Crippen molar-refractivity contribution in [3.05, 3.63) is 35.2 Å². The molecule has 1 aliphatic heterocycles. The fourth-order valence-electron chi connectivity index (χ4n) is 2.17. The Balaban J connectivity index is 1.70. The molecule has 0 unspecified atom stereocenters. The van der Waals surface area contributed by atoms with Gasteiger partial charge in [-0.2, -0.15) is 0 Å². The van der Waals surface area contributed by atoms with Crippen LogP contribution in [-0.4, -0.2) is 37.2 Å². The van der Waals surface area contributed by atoms with Gasteiger partial charge in [-0.3, -0.25) is 0 Å². The molecule has 0 spiro atoms. The van der Waals surface area contributed by atoms with E-state index in [1.807, 2.05) is 0 Å². The van der Waals surface area contributed by atoms with Gasteiger partial charge in [-0.1, -0.05) is 18.2 Å². The lowest BCUT2D eigenvalue weighted by molar-refractivity contribution is 0.0674. The third kappa shape index (κ3) is 2.88. The van der Waals surface area contributed by atoms with E-state index in [1.165, 1.54) is 15.0 Å². The number of aliphatic imine (C=N–C) groups is 1. The lowest BCUT2D eigenvalue weighted by Gasteiger charge is -2.27. The first-order valence-electron chi connectivity index (χ1n) is 6.43. The van der Waals surface area contributed by atoms with Crippen LogP contribution in [-0.2, 0) is 11.3 Å². The second kappa shape index (κ2) is 5.59. The Morgan fingerprint density at radius 3 is 2.89 bits per heavy atom. The SMILES string of the molecule is NC(=NCc1cc2ccccc2s1)N1CCOCC1. The van der Waals surface area contributed by atoms with Crippen LogP contribution < -0.4 is 5.73 Å². The molecule has 2 aromatic rings. The normalized spacial score (nSPS) is 17.1. The predicted molar refractivity (Wildman–Crippen MR) is 79.5 cm³/mol. The van der Waals surface area contributed by atoms with Crippen molar-refractivity contribution in [3.8, 4) is 0 Å². The van der Waals surface area contributed by atoms with Crippen LogP contribution in [0.1, 0.15) is 4.88 Å². The maximum atomic E-state index is 6.02. The van der Waals surface area contributed by atoms with Crippen molar-refractivity contribution >= 4 is 27.4 Å². The van der Waals surface area contributed by atoms with Gasteiger partial charge >= 0.3 is 0 Å². The number of nitrogens with zero attached hydrogens (tertiary/aromatic N) is 2. The first-order chi connectivity index (χ1) is 9.33. The third-order valence-electron chi connectivity index (χ3n) is 3.21. The molecule has 19 heavy (non-hydrogen) atoms. The molecule has 3 rings (SSSR count). The van der Waals surface area contributed by atoms with Crippen molar-refractivity contribution in [2.24, 2.45) is 10.7 Å². The molecule has 0 aliphatic carbocycles. The average molecular weight is 275 g/mol. The molecule has 0 bridgehead atoms. The van der Waals surface area contributed by atoms with Gasteiger partial charge in [-0.25, -0.2) is 4.99 Å². The molecule has 100 valence electrons. The van der Waals surface area contributed by atoms with E-state index < -0.39 is 0 Å². The summed E-state index contributed by atoms with van der Waals surface area (Å²) in [6.45, 7) is 3.80. The van der Waals surface area contributed by atoms with E-state index in [0.717, 1.165) is 26.3 Å². The fourth-order valence-corrected chi connectivity index (χ4v) is 3.16. The highest BCUT2D eigenvalue weighted by atomic mass is 32.1. The van der Waals surface area contributed by atoms with E-state index >= 15 is 0 Å². The van der Waals surface area contributed by atoms with Gasteiger partial charge in [-0.15, -0.1) is 11.3 Å². The Morgan fingerprint density at radius 2 is 2.11 bits per heavy atom. The molecule has 0 amide bonds. The van der Waals surface area contributed by atoms with Crippen molar-refractivity contribution in [2.75, 3.05) is 26.3 Å². The second-order valence-electron chi connectivity index (χ2n) is 4.52. The Bertz CT molecular complexity index is 554. The van der Waals surface area contributed by atoms with Crippen LogP contribution in [0.2, 0.25) is 0 Å². The maximum Gasteiger partial charge on any atom is 0.191 e. The summed E-state index contributed by atoms with van der Waals surface area (Å²) in [4.78, 5) is 7.82. The van der Waals surface area contributed by atoms with Gasteiger partial charge in [0.05, 0.1) is 19.8 Å². The summed E-state index contributed by atoms with van der Waals surface area (Å²) >= 11 is 1.78. The first kappa shape index (κ1) is 12.4. The van der Waals surface area contributed by atoms with Crippen molar-refractivity contribution in [3.63, 3.8) is 0 Å². The average Bonchev–Trinajstić information content (AvgIpc) is 2.88. The summed E-state index contributed by atoms with van der Waals surface area (Å²) in [5.41, 5.74) is 6.02. The van der Waals surface area contributed by atoms with Gasteiger partial charge in [0.1, 0.15) is 0 Å². The highest BCUT2D eigenvalue weighted by Gasteiger charge is 2.12. The maximum absolute atomic E-state index is 6.02. The van der Waals surface area contributed by atoms with E-state index in [1.54, 1.807) is 11.3 Å². The van der Waals surface area contributed by atoms with Crippen molar-refractivity contribution < 1.29 is 4.74 Å². The zero-order valence-corrected chi connectivity index (χ0v) is 11.5. The number of morpholine rings is 1. The number of fused-ring (bicyclic) bond motifs is 1. The van der Waals surface area contributed by atoms with Crippen LogP contribution >= 0.6 is 11.3 Å². The van der Waals surface area contributed by atoms with Crippen LogP contribution in [0.4, 0.5) is 0 Å². The highest BCUT2D eigenvalue weighted by molar-refractivity contribution is 7.19. The number of guanidine groups is 1. The molecule has 2 N–H and O–H groups in total. The quantitative estimate of drug-likeness (QED) is 0.674. The summed E-state index contributed by atoms with van der Waals surface area (Å²) in [5.74, 6) is 0.626. The lowest BCUT2D eigenvalue weighted by Crippen LogP contribution is -2.44. The molecule has 4 nitrogen and oxygen atoms in total. The Hall–Kier alpha value is -1.59. The Kier molecular flexibility index (Phi) is 3.66. The Morgan fingerprint density at radius 1 is 1.32 bits per heavy atom. The van der Waals surface area contributed by atoms with E-state index in [-0.39, 0.29) is 0 Å². The monoisotopic (exact) mass is 275 g/mol. The molecule has 0 saturated carbocycles. The number of ether oxygens (including phenoxy) is 1. The number of hydrogen-bond donors (Lipinski definition) is 1. The van der Waals surface area contributed by atoms with E-state index in [9.17, 15) is 0 Å². The van der Waals surface area contributed by atoms with Gasteiger partial charge in [0.15, 0.2) is 5.96 Å². The molecular weight excluding hydrogens is 258 g/mol. The Labute approximate surface area is 116 Å². The predicted octanol–water partition coefficient (Wildman–Crippen LogP) is 2.05. The molecule has 1 fully saturated rings. The van der Waals surface area contributed by atoms with Crippen molar-refractivity contribution in [2.45, 2.75) is 6.54 Å². The number of benzene rings is 1. The molecule has 1 aliphatic rings. The summed E-state index contributed by atoms with van der Waals surface area (Å²) < 4.78 is 6.61. The van der Waals surface area contributed by atoms with Crippen LogP contribution in [0.15, 0.2) is 35.3 Å².